The summed E-state index contributed by atoms with van der Waals surface area (Å²) in [4.78, 5) is 57.4. The summed E-state index contributed by atoms with van der Waals surface area (Å²) in [6, 6.07) is 0. The van der Waals surface area contributed by atoms with Gasteiger partial charge in [0.05, 0.1) is 19.6 Å². The lowest BCUT2D eigenvalue weighted by molar-refractivity contribution is -0.161. The molecular weight excluding hydrogens is 713 g/mol. The maximum absolute atomic E-state index is 12.6. The molecule has 3 N–H and O–H groups in total. The number of hydrogen-bond donors (Lipinski definition) is 3. The number of aliphatic carboxylic acids is 1. The number of unbranched alkanes of at least 4 members (excludes halogenated alkanes) is 24. The zero-order valence-corrected chi connectivity index (χ0v) is 35.0. The molecule has 54 heavy (non-hydrogen) atoms. The van der Waals surface area contributed by atoms with Crippen molar-refractivity contribution in [1.82, 2.24) is 5.32 Å². The number of phosphoric acid groups is 1. The lowest BCUT2D eigenvalue weighted by Crippen LogP contribution is -2.30. The molecule has 0 aliphatic carbocycles. The first-order chi connectivity index (χ1) is 26.1. The highest BCUT2D eigenvalue weighted by Gasteiger charge is 2.26. The van der Waals surface area contributed by atoms with E-state index < -0.39 is 44.3 Å². The van der Waals surface area contributed by atoms with Crippen LogP contribution in [0.5, 0.6) is 0 Å². The molecule has 318 valence electrons. The fourth-order valence-corrected chi connectivity index (χ4v) is 6.82. The minimum Gasteiger partial charge on any atom is -0.481 e. The zero-order chi connectivity index (χ0) is 40.0. The number of rotatable bonds is 41. The summed E-state index contributed by atoms with van der Waals surface area (Å²) in [5.74, 6) is -2.58. The fourth-order valence-electron chi connectivity index (χ4n) is 6.07. The number of hydrogen-bond acceptors (Lipinski definition) is 9. The summed E-state index contributed by atoms with van der Waals surface area (Å²) in [6.45, 7) is 3.11. The van der Waals surface area contributed by atoms with Gasteiger partial charge in [-0.1, -0.05) is 168 Å². The number of carboxylic acid groups (broad SMARTS) is 1. The second kappa shape index (κ2) is 37.9. The summed E-state index contributed by atoms with van der Waals surface area (Å²) in [5.41, 5.74) is 0. The highest BCUT2D eigenvalue weighted by atomic mass is 31.2. The average molecular weight is 792 g/mol. The van der Waals surface area contributed by atoms with E-state index in [9.17, 15) is 28.6 Å². The largest absolute Gasteiger partial charge is 0.481 e. The number of phosphoric ester groups is 1. The SMILES string of the molecule is CCCCCCCCCCCCCCCC(=O)OCC(COP(=O)(O)OCCNC(=O)CCC(=O)O)OC(=O)CCCCCCCCCCCCCCC. The molecule has 0 fully saturated rings. The number of esters is 2. The van der Waals surface area contributed by atoms with Crippen molar-refractivity contribution in [3.8, 4) is 0 Å². The lowest BCUT2D eigenvalue weighted by Gasteiger charge is -2.20. The normalized spacial score (nSPS) is 12.9. The molecule has 0 aromatic heterocycles. The number of carbonyl (C=O) groups is 4. The molecule has 2 atom stereocenters. The maximum atomic E-state index is 12.6. The average Bonchev–Trinajstić information content (AvgIpc) is 3.14. The Balaban J connectivity index is 4.49. The molecule has 1 amide bonds. The number of nitrogens with one attached hydrogen (secondary N) is 1. The second-order valence-corrected chi connectivity index (χ2v) is 16.1. The first-order valence-electron chi connectivity index (χ1n) is 21.5. The molecule has 0 saturated carbocycles. The minimum atomic E-state index is -4.60. The van der Waals surface area contributed by atoms with Crippen molar-refractivity contribution >= 4 is 31.6 Å². The van der Waals surface area contributed by atoms with Gasteiger partial charge in [0, 0.05) is 25.8 Å². The molecule has 0 rings (SSSR count). The number of carbonyl (C=O) groups excluding carboxylic acids is 3. The summed E-state index contributed by atoms with van der Waals surface area (Å²) in [7, 11) is -4.60. The Bertz CT molecular complexity index is 981. The van der Waals surface area contributed by atoms with Gasteiger partial charge in [0.25, 0.3) is 0 Å². The first-order valence-corrected chi connectivity index (χ1v) is 23.0. The molecule has 12 nitrogen and oxygen atoms in total. The van der Waals surface area contributed by atoms with Crippen LogP contribution in [-0.4, -0.2) is 66.3 Å². The van der Waals surface area contributed by atoms with Gasteiger partial charge in [0.15, 0.2) is 6.10 Å². The molecule has 2 unspecified atom stereocenters. The molecule has 0 aromatic rings. The van der Waals surface area contributed by atoms with Gasteiger partial charge >= 0.3 is 25.7 Å². The van der Waals surface area contributed by atoms with E-state index in [2.05, 4.69) is 19.2 Å². The topological polar surface area (TPSA) is 175 Å². The highest BCUT2D eigenvalue weighted by Crippen LogP contribution is 2.43. The van der Waals surface area contributed by atoms with Crippen LogP contribution >= 0.6 is 7.82 Å². The minimum absolute atomic E-state index is 0.138. The predicted octanol–water partition coefficient (Wildman–Crippen LogP) is 10.5. The third-order valence-electron chi connectivity index (χ3n) is 9.37. The molecule has 0 heterocycles. The quantitative estimate of drug-likeness (QED) is 0.0305. The Kier molecular flexibility index (Phi) is 36.5. The van der Waals surface area contributed by atoms with Crippen LogP contribution < -0.4 is 5.32 Å². The summed E-state index contributed by atoms with van der Waals surface area (Å²) < 4.78 is 33.2. The van der Waals surface area contributed by atoms with Crippen molar-refractivity contribution in [1.29, 1.82) is 0 Å². The molecule has 13 heteroatoms. The fraction of sp³-hybridized carbons (Fsp3) is 0.902. The Morgan fingerprint density at radius 2 is 0.944 bits per heavy atom. The monoisotopic (exact) mass is 792 g/mol. The molecular formula is C41H78NO11P. The smallest absolute Gasteiger partial charge is 0.472 e. The third-order valence-corrected chi connectivity index (χ3v) is 10.3. The number of carboxylic acids is 1. The number of ether oxygens (including phenoxy) is 2. The Hall–Kier alpha value is -2.01. The van der Waals surface area contributed by atoms with Crippen LogP contribution in [0.1, 0.15) is 206 Å². The molecule has 0 bridgehead atoms. The van der Waals surface area contributed by atoms with E-state index in [0.717, 1.165) is 38.5 Å². The van der Waals surface area contributed by atoms with E-state index in [1.54, 1.807) is 0 Å². The highest BCUT2D eigenvalue weighted by molar-refractivity contribution is 7.47. The van der Waals surface area contributed by atoms with Crippen molar-refractivity contribution in [2.75, 3.05) is 26.4 Å². The molecule has 0 aliphatic heterocycles. The first kappa shape index (κ1) is 52.0. The van der Waals surface area contributed by atoms with Gasteiger partial charge in [-0.2, -0.15) is 0 Å². The zero-order valence-electron chi connectivity index (χ0n) is 34.1. The summed E-state index contributed by atoms with van der Waals surface area (Å²) >= 11 is 0. The van der Waals surface area contributed by atoms with Crippen LogP contribution in [0.3, 0.4) is 0 Å². The molecule has 0 saturated heterocycles. The summed E-state index contributed by atoms with van der Waals surface area (Å²) in [6.07, 6.45) is 29.7. The van der Waals surface area contributed by atoms with Crippen LogP contribution in [0.2, 0.25) is 0 Å². The lowest BCUT2D eigenvalue weighted by atomic mass is 10.0. The van der Waals surface area contributed by atoms with Gasteiger partial charge in [-0.15, -0.1) is 0 Å². The van der Waals surface area contributed by atoms with Crippen molar-refractivity contribution in [3.05, 3.63) is 0 Å². The van der Waals surface area contributed by atoms with Crippen molar-refractivity contribution in [3.63, 3.8) is 0 Å². The van der Waals surface area contributed by atoms with Gasteiger partial charge in [-0.05, 0) is 12.8 Å². The Labute approximate surface area is 327 Å². The Morgan fingerprint density at radius 3 is 1.37 bits per heavy atom. The molecule has 0 radical (unpaired) electrons. The number of amides is 1. The van der Waals surface area contributed by atoms with Gasteiger partial charge < -0.3 is 24.8 Å². The summed E-state index contributed by atoms with van der Waals surface area (Å²) in [5, 5.41) is 11.0. The van der Waals surface area contributed by atoms with E-state index in [1.807, 2.05) is 0 Å². The van der Waals surface area contributed by atoms with Gasteiger partial charge in [-0.3, -0.25) is 28.2 Å². The molecule has 0 aliphatic rings. The van der Waals surface area contributed by atoms with Crippen molar-refractivity contribution < 1.29 is 52.3 Å². The van der Waals surface area contributed by atoms with Gasteiger partial charge in [-0.25, -0.2) is 4.57 Å². The van der Waals surface area contributed by atoms with Gasteiger partial charge in [0.1, 0.15) is 6.61 Å². The van der Waals surface area contributed by atoms with Crippen molar-refractivity contribution in [2.24, 2.45) is 0 Å². The van der Waals surface area contributed by atoms with Crippen LogP contribution in [-0.2, 0) is 42.3 Å². The van der Waals surface area contributed by atoms with Crippen LogP contribution in [0.15, 0.2) is 0 Å². The van der Waals surface area contributed by atoms with E-state index in [0.29, 0.717) is 12.8 Å². The predicted molar refractivity (Wildman–Crippen MR) is 213 cm³/mol. The van der Waals surface area contributed by atoms with E-state index in [4.69, 9.17) is 23.6 Å². The molecule has 0 spiro atoms. The molecule has 0 aromatic carbocycles. The van der Waals surface area contributed by atoms with Gasteiger partial charge in [0.2, 0.25) is 5.91 Å². The van der Waals surface area contributed by atoms with Crippen LogP contribution in [0.4, 0.5) is 0 Å². The maximum Gasteiger partial charge on any atom is 0.472 e. The van der Waals surface area contributed by atoms with E-state index >= 15 is 0 Å². The van der Waals surface area contributed by atoms with E-state index in [1.165, 1.54) is 116 Å². The second-order valence-electron chi connectivity index (χ2n) is 14.6. The van der Waals surface area contributed by atoms with Crippen LogP contribution in [0.25, 0.3) is 0 Å². The van der Waals surface area contributed by atoms with E-state index in [-0.39, 0.29) is 45.4 Å². The third kappa shape index (κ3) is 38.3. The van der Waals surface area contributed by atoms with Crippen molar-refractivity contribution in [2.45, 2.75) is 213 Å². The standard InChI is InChI=1S/C41H78NO11P/c1-3-5-7-9-11-13-15-17-19-21-23-25-27-29-40(46)50-35-37(36-52-54(48,49)51-34-33-42-38(43)31-32-39(44)45)53-41(47)30-28-26-24-22-20-18-16-14-12-10-8-6-4-2/h37H,3-36H2,1-2H3,(H,42,43)(H,44,45)(H,48,49). The Morgan fingerprint density at radius 1 is 0.537 bits per heavy atom. The van der Waals surface area contributed by atoms with Crippen LogP contribution in [0, 0.1) is 0 Å².